The van der Waals surface area contributed by atoms with Crippen LogP contribution in [0.15, 0.2) is 23.6 Å². The molecule has 0 saturated carbocycles. The highest BCUT2D eigenvalue weighted by atomic mass is 32.1. The van der Waals surface area contributed by atoms with Crippen molar-refractivity contribution in [3.05, 3.63) is 28.6 Å². The number of thiazole rings is 1. The topological polar surface area (TPSA) is 93.2 Å². The number of aromatic nitrogens is 1. The molecule has 0 unspecified atom stereocenters. The number of hydrogen-bond donors (Lipinski definition) is 1. The molecule has 1 aromatic heterocycles. The summed E-state index contributed by atoms with van der Waals surface area (Å²) in [4.78, 5) is 32.9. The van der Waals surface area contributed by atoms with Gasteiger partial charge < -0.3 is 29.3 Å². The van der Waals surface area contributed by atoms with Crippen LogP contribution >= 0.6 is 11.3 Å². The van der Waals surface area contributed by atoms with Crippen LogP contribution < -0.4 is 14.8 Å². The van der Waals surface area contributed by atoms with Crippen molar-refractivity contribution in [1.29, 1.82) is 0 Å². The zero-order chi connectivity index (χ0) is 24.0. The molecular formula is C23H34N4O5S. The molecule has 0 radical (unpaired) electrons. The predicted molar refractivity (Wildman–Crippen MR) is 129 cm³/mol. The van der Waals surface area contributed by atoms with Crippen molar-refractivity contribution in [2.75, 3.05) is 46.9 Å². The lowest BCUT2D eigenvalue weighted by molar-refractivity contribution is -0.134. The van der Waals surface area contributed by atoms with Gasteiger partial charge in [0, 0.05) is 44.6 Å². The van der Waals surface area contributed by atoms with Crippen LogP contribution in [0.25, 0.3) is 11.3 Å². The molecule has 0 aliphatic carbocycles. The van der Waals surface area contributed by atoms with E-state index in [0.29, 0.717) is 11.5 Å². The van der Waals surface area contributed by atoms with Gasteiger partial charge in [-0.2, -0.15) is 0 Å². The molecule has 0 spiro atoms. The first-order chi connectivity index (χ1) is 15.6. The number of methoxy groups -OCH3 is 1. The molecule has 1 aliphatic heterocycles. The van der Waals surface area contributed by atoms with Gasteiger partial charge in [0.1, 0.15) is 22.1 Å². The fraction of sp³-hybridized carbons (Fsp3) is 0.522. The number of hydrogen-bond acceptors (Lipinski definition) is 8. The number of piperazine rings is 1. The van der Waals surface area contributed by atoms with E-state index in [1.807, 2.05) is 37.1 Å². The molecule has 33 heavy (non-hydrogen) atoms. The molecule has 2 heterocycles. The molecule has 0 atom stereocenters. The van der Waals surface area contributed by atoms with Gasteiger partial charge in [-0.1, -0.05) is 0 Å². The van der Waals surface area contributed by atoms with E-state index in [1.165, 1.54) is 11.3 Å². The first kappa shape index (κ1) is 24.8. The number of benzene rings is 1. The number of carbonyl (C=O) groups excluding carboxylic acids is 2. The van der Waals surface area contributed by atoms with E-state index in [-0.39, 0.29) is 20.5 Å². The van der Waals surface area contributed by atoms with Crippen LogP contribution in [0.5, 0.6) is 11.5 Å². The minimum Gasteiger partial charge on any atom is -0.496 e. The number of carbonyl (C=O) groups is 2. The highest BCUT2D eigenvalue weighted by molar-refractivity contribution is 7.09. The fourth-order valence-electron chi connectivity index (χ4n) is 3.24. The molecule has 2 amide bonds. The van der Waals surface area contributed by atoms with Crippen molar-refractivity contribution in [2.24, 2.45) is 0 Å². The molecule has 2 aromatic rings. The third-order valence-corrected chi connectivity index (χ3v) is 5.85. The van der Waals surface area contributed by atoms with Gasteiger partial charge in [-0.05, 0) is 40.0 Å². The summed E-state index contributed by atoms with van der Waals surface area (Å²) >= 11 is 1.44. The Morgan fingerprint density at radius 1 is 1.21 bits per heavy atom. The molecule has 1 aliphatic rings. The van der Waals surface area contributed by atoms with Gasteiger partial charge in [0.05, 0.1) is 19.3 Å². The molecule has 1 saturated heterocycles. The Kier molecular flexibility index (Phi) is 8.15. The molecule has 1 aromatic carbocycles. The summed E-state index contributed by atoms with van der Waals surface area (Å²) in [7, 11) is 3.63. The van der Waals surface area contributed by atoms with Crippen molar-refractivity contribution in [2.45, 2.75) is 32.9 Å². The van der Waals surface area contributed by atoms with Crippen molar-refractivity contribution in [3.63, 3.8) is 0 Å². The van der Waals surface area contributed by atoms with Gasteiger partial charge in [-0.25, -0.2) is 9.78 Å². The SMILES string of the molecule is COc1cc(OCC(=O)N2CCN(C)CC2)ccc1-c1csc(CNC(=O)OC(C)(C)C)n1.[HH]. The van der Waals surface area contributed by atoms with Gasteiger partial charge in [-0.15, -0.1) is 11.3 Å². The molecule has 1 N–H and O–H groups in total. The fourth-order valence-corrected chi connectivity index (χ4v) is 3.98. The lowest BCUT2D eigenvalue weighted by Gasteiger charge is -2.32. The summed E-state index contributed by atoms with van der Waals surface area (Å²) in [6, 6.07) is 5.41. The first-order valence-electron chi connectivity index (χ1n) is 10.8. The molecule has 10 heteroatoms. The van der Waals surface area contributed by atoms with E-state index < -0.39 is 11.7 Å². The third-order valence-electron chi connectivity index (χ3n) is 5.00. The maximum atomic E-state index is 12.4. The zero-order valence-corrected chi connectivity index (χ0v) is 20.7. The minimum atomic E-state index is -0.551. The maximum Gasteiger partial charge on any atom is 0.408 e. The number of nitrogens with one attached hydrogen (secondary N) is 1. The number of nitrogens with zero attached hydrogens (tertiary/aromatic N) is 3. The quantitative estimate of drug-likeness (QED) is 0.653. The Labute approximate surface area is 200 Å². The van der Waals surface area contributed by atoms with Crippen LogP contribution in [0, 0.1) is 0 Å². The van der Waals surface area contributed by atoms with Crippen molar-refractivity contribution >= 4 is 23.3 Å². The second-order valence-corrected chi connectivity index (χ2v) is 9.76. The number of alkyl carbamates (subject to hydrolysis) is 1. The highest BCUT2D eigenvalue weighted by Crippen LogP contribution is 2.34. The normalized spacial score (nSPS) is 14.6. The van der Waals surface area contributed by atoms with Crippen LogP contribution in [0.3, 0.4) is 0 Å². The minimum absolute atomic E-state index is 0. The van der Waals surface area contributed by atoms with E-state index >= 15 is 0 Å². The Balaban J connectivity index is 0.00000408. The molecular weight excluding hydrogens is 444 g/mol. The Morgan fingerprint density at radius 2 is 1.94 bits per heavy atom. The number of rotatable bonds is 7. The smallest absolute Gasteiger partial charge is 0.408 e. The first-order valence-corrected chi connectivity index (χ1v) is 11.7. The number of likely N-dealkylation sites (N-methyl/N-ethyl adjacent to an activating group) is 1. The van der Waals surface area contributed by atoms with Gasteiger partial charge in [0.15, 0.2) is 6.61 Å². The molecule has 1 fully saturated rings. The van der Waals surface area contributed by atoms with E-state index in [1.54, 1.807) is 19.2 Å². The molecule has 0 bridgehead atoms. The van der Waals surface area contributed by atoms with Crippen LogP contribution in [-0.4, -0.2) is 79.3 Å². The van der Waals surface area contributed by atoms with Crippen LogP contribution in [0.1, 0.15) is 27.2 Å². The Hall–Kier alpha value is -2.85. The predicted octanol–water partition coefficient (Wildman–Crippen LogP) is 3.24. The Bertz CT molecular complexity index is 971. The van der Waals surface area contributed by atoms with Crippen LogP contribution in [0.2, 0.25) is 0 Å². The monoisotopic (exact) mass is 478 g/mol. The number of ether oxygens (including phenoxy) is 3. The summed E-state index contributed by atoms with van der Waals surface area (Å²) in [5.41, 5.74) is 0.984. The van der Waals surface area contributed by atoms with E-state index in [2.05, 4.69) is 22.2 Å². The van der Waals surface area contributed by atoms with Gasteiger partial charge >= 0.3 is 6.09 Å². The summed E-state index contributed by atoms with van der Waals surface area (Å²) in [6.45, 7) is 8.89. The summed E-state index contributed by atoms with van der Waals surface area (Å²) in [5, 5.41) is 5.36. The number of amides is 2. The van der Waals surface area contributed by atoms with Gasteiger partial charge in [0.25, 0.3) is 5.91 Å². The second-order valence-electron chi connectivity index (χ2n) is 8.82. The maximum absolute atomic E-state index is 12.4. The second kappa shape index (κ2) is 10.8. The highest BCUT2D eigenvalue weighted by Gasteiger charge is 2.20. The van der Waals surface area contributed by atoms with E-state index in [0.717, 1.165) is 42.4 Å². The van der Waals surface area contributed by atoms with Crippen LogP contribution in [0.4, 0.5) is 4.79 Å². The lowest BCUT2D eigenvalue weighted by atomic mass is 10.1. The van der Waals surface area contributed by atoms with Crippen molar-refractivity contribution in [1.82, 2.24) is 20.1 Å². The lowest BCUT2D eigenvalue weighted by Crippen LogP contribution is -2.48. The summed E-state index contributed by atoms with van der Waals surface area (Å²) < 4.78 is 16.5. The van der Waals surface area contributed by atoms with Gasteiger partial charge in [-0.3, -0.25) is 4.79 Å². The van der Waals surface area contributed by atoms with Crippen molar-refractivity contribution in [3.8, 4) is 22.8 Å². The van der Waals surface area contributed by atoms with Crippen molar-refractivity contribution < 1.29 is 25.2 Å². The third kappa shape index (κ3) is 7.33. The van der Waals surface area contributed by atoms with Gasteiger partial charge in [0.2, 0.25) is 0 Å². The summed E-state index contributed by atoms with van der Waals surface area (Å²) in [5.74, 6) is 1.13. The molecule has 182 valence electrons. The Morgan fingerprint density at radius 3 is 2.61 bits per heavy atom. The van der Waals surface area contributed by atoms with Crippen LogP contribution in [-0.2, 0) is 16.1 Å². The molecule has 9 nitrogen and oxygen atoms in total. The zero-order valence-electron chi connectivity index (χ0n) is 19.8. The van der Waals surface area contributed by atoms with E-state index in [9.17, 15) is 9.59 Å². The average Bonchev–Trinajstić information content (AvgIpc) is 3.24. The molecule has 3 rings (SSSR count). The van der Waals surface area contributed by atoms with E-state index in [4.69, 9.17) is 14.2 Å². The summed E-state index contributed by atoms with van der Waals surface area (Å²) in [6.07, 6.45) is -0.482. The average molecular weight is 479 g/mol. The standard InChI is InChI=1S/C23H32N4O5S.H2/c1-23(2,3)32-22(29)24-13-20-25-18(15-33-20)17-7-6-16(12-19(17)30-5)31-14-21(28)27-10-8-26(4)9-11-27;/h6-7,12,15H,8-11,13-14H2,1-5H3,(H,24,29);1H. The largest absolute Gasteiger partial charge is 0.496 e.